The van der Waals surface area contributed by atoms with Gasteiger partial charge in [0.05, 0.1) is 19.0 Å². The van der Waals surface area contributed by atoms with E-state index in [0.717, 1.165) is 28.1 Å². The van der Waals surface area contributed by atoms with Gasteiger partial charge in [-0.2, -0.15) is 0 Å². The molecule has 6 heteroatoms. The summed E-state index contributed by atoms with van der Waals surface area (Å²) < 4.78 is 7.36. The van der Waals surface area contributed by atoms with Crippen molar-refractivity contribution in [3.05, 3.63) is 41.7 Å². The Morgan fingerprint density at radius 3 is 2.91 bits per heavy atom. The second-order valence-electron chi connectivity index (χ2n) is 5.66. The second-order valence-corrected chi connectivity index (χ2v) is 6.60. The minimum Gasteiger partial charge on any atom is -0.496 e. The molecule has 22 heavy (non-hydrogen) atoms. The number of hydrogen-bond donors (Lipinski definition) is 0. The van der Waals surface area contributed by atoms with Crippen molar-refractivity contribution in [2.75, 3.05) is 12.0 Å². The lowest BCUT2D eigenvalue weighted by atomic mass is 10.2. The molecule has 1 aliphatic carbocycles. The smallest absolute Gasteiger partial charge is 0.214 e. The van der Waals surface area contributed by atoms with Gasteiger partial charge in [0.25, 0.3) is 0 Å². The highest BCUT2D eigenvalue weighted by molar-refractivity contribution is 7.20. The number of methoxy groups -OCH3 is 1. The van der Waals surface area contributed by atoms with Crippen LogP contribution in [-0.2, 0) is 6.54 Å². The first-order chi connectivity index (χ1) is 10.7. The Balaban J connectivity index is 1.67. The van der Waals surface area contributed by atoms with E-state index in [1.807, 2.05) is 29.8 Å². The van der Waals surface area contributed by atoms with Crippen LogP contribution in [-0.4, -0.2) is 27.7 Å². The number of imidazole rings is 1. The highest BCUT2D eigenvalue weighted by Crippen LogP contribution is 2.36. The number of rotatable bonds is 5. The van der Waals surface area contributed by atoms with Gasteiger partial charge in [-0.05, 0) is 25.8 Å². The van der Waals surface area contributed by atoms with Crippen molar-refractivity contribution in [2.45, 2.75) is 32.4 Å². The highest BCUT2D eigenvalue weighted by atomic mass is 32.1. The van der Waals surface area contributed by atoms with Crippen LogP contribution in [0.15, 0.2) is 30.5 Å². The van der Waals surface area contributed by atoms with Crippen molar-refractivity contribution in [1.29, 1.82) is 0 Å². The molecule has 1 saturated carbocycles. The largest absolute Gasteiger partial charge is 0.496 e. The van der Waals surface area contributed by atoms with E-state index >= 15 is 0 Å². The Morgan fingerprint density at radius 1 is 1.36 bits per heavy atom. The number of fused-ring (bicyclic) bond motifs is 1. The summed E-state index contributed by atoms with van der Waals surface area (Å²) in [5.74, 6) is 0.935. The lowest BCUT2D eigenvalue weighted by Gasteiger charge is -2.22. The molecule has 0 N–H and O–H groups in total. The molecule has 0 radical (unpaired) electrons. The minimum atomic E-state index is 0.585. The highest BCUT2D eigenvalue weighted by Gasteiger charge is 2.32. The van der Waals surface area contributed by atoms with Gasteiger partial charge >= 0.3 is 0 Å². The molecule has 1 aromatic carbocycles. The lowest BCUT2D eigenvalue weighted by Crippen LogP contribution is -2.25. The maximum absolute atomic E-state index is 5.48. The second kappa shape index (κ2) is 5.28. The van der Waals surface area contributed by atoms with Crippen molar-refractivity contribution in [3.8, 4) is 5.75 Å². The van der Waals surface area contributed by atoms with Gasteiger partial charge < -0.3 is 9.64 Å². The van der Waals surface area contributed by atoms with Gasteiger partial charge in [0, 0.05) is 18.2 Å². The Hall–Kier alpha value is -2.08. The normalized spacial score (nSPS) is 14.5. The fourth-order valence-electron chi connectivity index (χ4n) is 2.67. The van der Waals surface area contributed by atoms with Crippen molar-refractivity contribution < 1.29 is 4.74 Å². The van der Waals surface area contributed by atoms with Crippen LogP contribution in [0.5, 0.6) is 5.75 Å². The lowest BCUT2D eigenvalue weighted by molar-refractivity contribution is 0.409. The third-order valence-corrected chi connectivity index (χ3v) is 4.88. The summed E-state index contributed by atoms with van der Waals surface area (Å²) in [4.78, 5) is 7.84. The van der Waals surface area contributed by atoms with Gasteiger partial charge in [-0.15, -0.1) is 5.10 Å². The van der Waals surface area contributed by atoms with E-state index in [9.17, 15) is 0 Å². The molecular formula is C16H18N4OS. The average molecular weight is 314 g/mol. The molecule has 5 nitrogen and oxygen atoms in total. The SMILES string of the molecule is COc1ccccc1CN(c1nn2cc(C)nc2s1)C1CC1. The summed E-state index contributed by atoms with van der Waals surface area (Å²) in [5, 5.41) is 5.74. The predicted molar refractivity (Wildman–Crippen MR) is 87.8 cm³/mol. The van der Waals surface area contributed by atoms with Crippen molar-refractivity contribution >= 4 is 21.4 Å². The molecule has 0 aliphatic heterocycles. The number of aryl methyl sites for hydroxylation is 1. The van der Waals surface area contributed by atoms with Gasteiger partial charge in [-0.3, -0.25) is 0 Å². The Bertz CT molecular complexity index is 774. The maximum Gasteiger partial charge on any atom is 0.214 e. The molecule has 0 atom stereocenters. The number of anilines is 1. The molecule has 0 unspecified atom stereocenters. The first-order valence-corrected chi connectivity index (χ1v) is 8.27. The van der Waals surface area contributed by atoms with E-state index in [2.05, 4.69) is 22.0 Å². The standard InChI is InChI=1S/C16H18N4OS/c1-11-9-20-15(17-11)22-16(18-20)19(13-7-8-13)10-12-5-3-4-6-14(12)21-2/h3-6,9,13H,7-8,10H2,1-2H3. The molecule has 0 saturated heterocycles. The summed E-state index contributed by atoms with van der Waals surface area (Å²) in [6.45, 7) is 2.82. The summed E-state index contributed by atoms with van der Waals surface area (Å²) in [7, 11) is 1.72. The van der Waals surface area contributed by atoms with Crippen molar-refractivity contribution in [2.24, 2.45) is 0 Å². The fourth-order valence-corrected chi connectivity index (χ4v) is 3.67. The summed E-state index contributed by atoms with van der Waals surface area (Å²) in [6.07, 6.45) is 4.44. The van der Waals surface area contributed by atoms with Gasteiger partial charge in [-0.1, -0.05) is 29.5 Å². The molecule has 0 bridgehead atoms. The third-order valence-electron chi connectivity index (χ3n) is 3.92. The van der Waals surface area contributed by atoms with Crippen LogP contribution in [0.2, 0.25) is 0 Å². The molecule has 0 spiro atoms. The van der Waals surface area contributed by atoms with E-state index in [0.29, 0.717) is 6.04 Å². The van der Waals surface area contributed by atoms with E-state index in [4.69, 9.17) is 9.84 Å². The van der Waals surface area contributed by atoms with Crippen LogP contribution in [0.1, 0.15) is 24.1 Å². The van der Waals surface area contributed by atoms with Gasteiger partial charge in [-0.25, -0.2) is 9.50 Å². The van der Waals surface area contributed by atoms with Gasteiger partial charge in [0.1, 0.15) is 5.75 Å². The van der Waals surface area contributed by atoms with Crippen LogP contribution in [0.3, 0.4) is 0 Å². The number of benzene rings is 1. The van der Waals surface area contributed by atoms with Crippen LogP contribution in [0, 0.1) is 6.92 Å². The average Bonchev–Trinajstić information content (AvgIpc) is 3.19. The van der Waals surface area contributed by atoms with Crippen LogP contribution in [0.4, 0.5) is 5.13 Å². The molecule has 1 aliphatic rings. The summed E-state index contributed by atoms with van der Waals surface area (Å²) in [5.41, 5.74) is 2.20. The maximum atomic E-state index is 5.48. The van der Waals surface area contributed by atoms with E-state index in [1.54, 1.807) is 18.4 Å². The molecule has 1 fully saturated rings. The molecule has 4 rings (SSSR count). The van der Waals surface area contributed by atoms with E-state index in [1.165, 1.54) is 18.4 Å². The molecule has 3 aromatic rings. The molecule has 2 heterocycles. The van der Waals surface area contributed by atoms with Gasteiger partial charge in [0.15, 0.2) is 0 Å². The zero-order valence-electron chi connectivity index (χ0n) is 12.7. The molecular weight excluding hydrogens is 296 g/mol. The Labute approximate surface area is 133 Å². The van der Waals surface area contributed by atoms with Crippen LogP contribution in [0.25, 0.3) is 4.96 Å². The quantitative estimate of drug-likeness (QED) is 0.725. The fraction of sp³-hybridized carbons (Fsp3) is 0.375. The number of hydrogen-bond acceptors (Lipinski definition) is 5. The van der Waals surface area contributed by atoms with E-state index in [-0.39, 0.29) is 0 Å². The van der Waals surface area contributed by atoms with E-state index < -0.39 is 0 Å². The topological polar surface area (TPSA) is 42.7 Å². The number of ether oxygens (including phenoxy) is 1. The van der Waals surface area contributed by atoms with Crippen molar-refractivity contribution in [3.63, 3.8) is 0 Å². The Kier molecular flexibility index (Phi) is 3.26. The zero-order valence-corrected chi connectivity index (χ0v) is 13.5. The summed E-state index contributed by atoms with van der Waals surface area (Å²) >= 11 is 1.65. The number of aromatic nitrogens is 3. The Morgan fingerprint density at radius 2 is 2.18 bits per heavy atom. The predicted octanol–water partition coefficient (Wildman–Crippen LogP) is 3.28. The minimum absolute atomic E-state index is 0.585. The zero-order chi connectivity index (χ0) is 15.1. The molecule has 0 amide bonds. The van der Waals surface area contributed by atoms with Gasteiger partial charge in [0.2, 0.25) is 10.1 Å². The van der Waals surface area contributed by atoms with Crippen molar-refractivity contribution in [1.82, 2.24) is 14.6 Å². The monoisotopic (exact) mass is 314 g/mol. The number of para-hydroxylation sites is 1. The number of nitrogens with zero attached hydrogens (tertiary/aromatic N) is 4. The molecule has 2 aromatic heterocycles. The first-order valence-electron chi connectivity index (χ1n) is 7.46. The third kappa shape index (κ3) is 2.43. The molecule has 114 valence electrons. The van der Waals surface area contributed by atoms with Crippen LogP contribution >= 0.6 is 11.3 Å². The summed E-state index contributed by atoms with van der Waals surface area (Å²) in [6, 6.07) is 8.78. The van der Waals surface area contributed by atoms with Crippen LogP contribution < -0.4 is 9.64 Å². The first kappa shape index (κ1) is 13.6.